The van der Waals surface area contributed by atoms with E-state index in [0.29, 0.717) is 18.9 Å². The first kappa shape index (κ1) is 20.3. The normalized spacial score (nSPS) is 18.2. The van der Waals surface area contributed by atoms with Gasteiger partial charge in [-0.25, -0.2) is 4.99 Å². The van der Waals surface area contributed by atoms with Crippen LogP contribution in [0.15, 0.2) is 47.5 Å². The zero-order chi connectivity index (χ0) is 21.3. The number of amides is 1. The molecule has 1 atom stereocenters. The zero-order valence-corrected chi connectivity index (χ0v) is 18.1. The lowest BCUT2D eigenvalue weighted by Crippen LogP contribution is -2.55. The van der Waals surface area contributed by atoms with Gasteiger partial charge in [0.1, 0.15) is 23.0 Å². The minimum absolute atomic E-state index is 0.112. The molecule has 0 bridgehead atoms. The summed E-state index contributed by atoms with van der Waals surface area (Å²) in [5, 5.41) is 0. The Bertz CT molecular complexity index is 970. The number of nitrogens with zero attached hydrogens (tertiary/aromatic N) is 3. The van der Waals surface area contributed by atoms with E-state index in [2.05, 4.69) is 25.7 Å². The van der Waals surface area contributed by atoms with Gasteiger partial charge in [-0.05, 0) is 43.2 Å². The lowest BCUT2D eigenvalue weighted by molar-refractivity contribution is -0.135. The van der Waals surface area contributed by atoms with Gasteiger partial charge in [-0.2, -0.15) is 0 Å². The molecule has 4 rings (SSSR count). The van der Waals surface area contributed by atoms with Crippen molar-refractivity contribution in [2.24, 2.45) is 10.9 Å². The third-order valence-electron chi connectivity index (χ3n) is 5.57. The molecule has 6 nitrogen and oxygen atoms in total. The van der Waals surface area contributed by atoms with Crippen molar-refractivity contribution in [2.45, 2.75) is 33.2 Å². The summed E-state index contributed by atoms with van der Waals surface area (Å²) in [6, 6.07) is 13.7. The van der Waals surface area contributed by atoms with Crippen LogP contribution in [-0.2, 0) is 4.79 Å². The van der Waals surface area contributed by atoms with Gasteiger partial charge in [0.05, 0.1) is 12.7 Å². The van der Waals surface area contributed by atoms with E-state index in [1.54, 1.807) is 7.11 Å². The Morgan fingerprint density at radius 2 is 2.00 bits per heavy atom. The molecule has 2 aliphatic rings. The van der Waals surface area contributed by atoms with Gasteiger partial charge in [0.15, 0.2) is 5.75 Å². The fourth-order valence-corrected chi connectivity index (χ4v) is 4.06. The summed E-state index contributed by atoms with van der Waals surface area (Å²) in [7, 11) is 1.66. The summed E-state index contributed by atoms with van der Waals surface area (Å²) in [5.41, 5.74) is 1.70. The summed E-state index contributed by atoms with van der Waals surface area (Å²) in [5.74, 6) is 3.70. The van der Waals surface area contributed by atoms with Gasteiger partial charge in [0.2, 0.25) is 5.91 Å². The quantitative estimate of drug-likeness (QED) is 0.754. The Morgan fingerprint density at radius 3 is 2.73 bits per heavy atom. The third kappa shape index (κ3) is 3.99. The monoisotopic (exact) mass is 407 g/mol. The smallest absolute Gasteiger partial charge is 0.223 e. The van der Waals surface area contributed by atoms with Crippen LogP contribution < -0.4 is 9.47 Å². The van der Waals surface area contributed by atoms with E-state index in [1.165, 1.54) is 0 Å². The highest BCUT2D eigenvalue weighted by atomic mass is 16.5. The summed E-state index contributed by atoms with van der Waals surface area (Å²) >= 11 is 0. The molecule has 0 aromatic heterocycles. The molecule has 1 fully saturated rings. The number of fused-ring (bicyclic) bond motifs is 2. The molecule has 158 valence electrons. The van der Waals surface area contributed by atoms with Gasteiger partial charge in [-0.3, -0.25) is 4.79 Å². The van der Waals surface area contributed by atoms with Crippen LogP contribution in [0.1, 0.15) is 32.8 Å². The van der Waals surface area contributed by atoms with E-state index in [1.807, 2.05) is 47.4 Å². The Hall–Kier alpha value is -3.02. The van der Waals surface area contributed by atoms with Gasteiger partial charge in [-0.1, -0.05) is 26.0 Å². The van der Waals surface area contributed by atoms with Gasteiger partial charge in [0, 0.05) is 32.1 Å². The van der Waals surface area contributed by atoms with E-state index >= 15 is 0 Å². The number of hydrogen-bond donors (Lipinski definition) is 0. The number of carbonyl (C=O) groups is 1. The van der Waals surface area contributed by atoms with Crippen molar-refractivity contribution in [3.8, 4) is 17.2 Å². The van der Waals surface area contributed by atoms with Gasteiger partial charge in [0.25, 0.3) is 0 Å². The first-order valence-corrected chi connectivity index (χ1v) is 10.5. The molecule has 2 aromatic rings. The maximum absolute atomic E-state index is 12.6. The molecule has 0 unspecified atom stereocenters. The van der Waals surface area contributed by atoms with Crippen molar-refractivity contribution in [2.75, 3.05) is 26.7 Å². The topological polar surface area (TPSA) is 54.4 Å². The maximum atomic E-state index is 12.6. The number of amidine groups is 1. The number of para-hydroxylation sites is 2. The summed E-state index contributed by atoms with van der Waals surface area (Å²) in [6.45, 7) is 8.42. The van der Waals surface area contributed by atoms with Gasteiger partial charge < -0.3 is 19.3 Å². The number of methoxy groups -OCH3 is 1. The highest BCUT2D eigenvalue weighted by Crippen LogP contribution is 2.39. The fraction of sp³-hybridized carbons (Fsp3) is 0.417. The van der Waals surface area contributed by atoms with E-state index in [-0.39, 0.29) is 11.9 Å². The molecule has 1 amide bonds. The molecule has 2 aromatic carbocycles. The number of rotatable bonds is 3. The van der Waals surface area contributed by atoms with Crippen LogP contribution in [0.2, 0.25) is 0 Å². The van der Waals surface area contributed by atoms with Crippen molar-refractivity contribution >= 4 is 17.4 Å². The largest absolute Gasteiger partial charge is 0.497 e. The van der Waals surface area contributed by atoms with E-state index in [9.17, 15) is 4.79 Å². The highest BCUT2D eigenvalue weighted by Gasteiger charge is 2.31. The minimum atomic E-state index is 0.112. The van der Waals surface area contributed by atoms with Crippen LogP contribution in [0.5, 0.6) is 17.2 Å². The molecule has 0 N–H and O–H groups in total. The molecule has 2 heterocycles. The van der Waals surface area contributed by atoms with Gasteiger partial charge >= 0.3 is 0 Å². The second-order valence-corrected chi connectivity index (χ2v) is 8.35. The molecule has 1 saturated heterocycles. The van der Waals surface area contributed by atoms with Crippen molar-refractivity contribution in [1.29, 1.82) is 0 Å². The van der Waals surface area contributed by atoms with Crippen LogP contribution in [0.3, 0.4) is 0 Å². The summed E-state index contributed by atoms with van der Waals surface area (Å²) < 4.78 is 11.7. The van der Waals surface area contributed by atoms with Crippen LogP contribution in [0.4, 0.5) is 5.69 Å². The Morgan fingerprint density at radius 1 is 1.20 bits per heavy atom. The molecule has 0 aliphatic carbocycles. The Kier molecular flexibility index (Phi) is 5.66. The zero-order valence-electron chi connectivity index (χ0n) is 18.1. The molecule has 30 heavy (non-hydrogen) atoms. The molecule has 0 saturated carbocycles. The molecule has 0 radical (unpaired) electrons. The molecule has 6 heteroatoms. The standard InChI is InChI=1S/C24H29N3O3/c1-16(2)13-23(28)27-12-11-26(15-17(27)3)24-19-14-18(29-4)9-10-21(19)30-22-8-6-5-7-20(22)25-24/h5-10,14,16-17H,11-13,15H2,1-4H3/t17-/m0/s1. The van der Waals surface area contributed by atoms with Crippen LogP contribution in [0, 0.1) is 5.92 Å². The SMILES string of the molecule is COc1ccc2c(c1)C(N1CCN(C(=O)CC(C)C)[C@@H](C)C1)=Nc1ccccc1O2. The Balaban J connectivity index is 1.67. The molecular formula is C24H29N3O3. The predicted molar refractivity (Wildman–Crippen MR) is 118 cm³/mol. The molecule has 0 spiro atoms. The second-order valence-electron chi connectivity index (χ2n) is 8.35. The van der Waals surface area contributed by atoms with E-state index in [4.69, 9.17) is 14.5 Å². The second kappa shape index (κ2) is 8.38. The minimum Gasteiger partial charge on any atom is -0.497 e. The average molecular weight is 408 g/mol. The number of piperazine rings is 1. The third-order valence-corrected chi connectivity index (χ3v) is 5.57. The van der Waals surface area contributed by atoms with Crippen molar-refractivity contribution < 1.29 is 14.3 Å². The number of benzene rings is 2. The average Bonchev–Trinajstić information content (AvgIpc) is 2.89. The highest BCUT2D eigenvalue weighted by molar-refractivity contribution is 6.04. The first-order valence-electron chi connectivity index (χ1n) is 10.5. The number of hydrogen-bond acceptors (Lipinski definition) is 5. The lowest BCUT2D eigenvalue weighted by Gasteiger charge is -2.41. The molecule has 2 aliphatic heterocycles. The van der Waals surface area contributed by atoms with Crippen molar-refractivity contribution in [3.05, 3.63) is 48.0 Å². The van der Waals surface area contributed by atoms with E-state index in [0.717, 1.165) is 47.4 Å². The number of ether oxygens (including phenoxy) is 2. The van der Waals surface area contributed by atoms with Crippen LogP contribution in [-0.4, -0.2) is 54.3 Å². The van der Waals surface area contributed by atoms with Crippen LogP contribution in [0.25, 0.3) is 0 Å². The predicted octanol–water partition coefficient (Wildman–Crippen LogP) is 4.46. The number of aliphatic imine (C=N–C) groups is 1. The lowest BCUT2D eigenvalue weighted by atomic mass is 10.1. The fourth-order valence-electron chi connectivity index (χ4n) is 4.06. The Labute approximate surface area is 178 Å². The van der Waals surface area contributed by atoms with E-state index < -0.39 is 0 Å². The van der Waals surface area contributed by atoms with Crippen LogP contribution >= 0.6 is 0 Å². The summed E-state index contributed by atoms with van der Waals surface area (Å²) in [4.78, 5) is 21.9. The first-order chi connectivity index (χ1) is 14.5. The number of carbonyl (C=O) groups excluding carboxylic acids is 1. The molecular weight excluding hydrogens is 378 g/mol. The van der Waals surface area contributed by atoms with Gasteiger partial charge in [-0.15, -0.1) is 0 Å². The van der Waals surface area contributed by atoms with Crippen molar-refractivity contribution in [3.63, 3.8) is 0 Å². The maximum Gasteiger partial charge on any atom is 0.223 e. The summed E-state index contributed by atoms with van der Waals surface area (Å²) in [6.07, 6.45) is 0.590. The van der Waals surface area contributed by atoms with Crippen molar-refractivity contribution in [1.82, 2.24) is 9.80 Å².